The zero-order valence-electron chi connectivity index (χ0n) is 9.98. The Bertz CT molecular complexity index is 478. The molecule has 2 rings (SSSR count). The number of aromatic nitrogens is 1. The molecule has 4 heteroatoms. The molecule has 0 amide bonds. The topological polar surface area (TPSA) is 29.3 Å². The molecular formula is C13H15ClN2O. The van der Waals surface area contributed by atoms with Crippen molar-refractivity contribution in [3.05, 3.63) is 52.4 Å². The fourth-order valence-corrected chi connectivity index (χ4v) is 1.84. The van der Waals surface area contributed by atoms with Gasteiger partial charge in [-0.25, -0.2) is 0 Å². The maximum absolute atomic E-state index is 5.84. The maximum Gasteiger partial charge on any atom is 0.150 e. The lowest BCUT2D eigenvalue weighted by Gasteiger charge is -2.14. The Hall–Kier alpha value is -1.32. The molecule has 0 unspecified atom stereocenters. The molecule has 17 heavy (non-hydrogen) atoms. The van der Waals surface area contributed by atoms with Crippen LogP contribution in [0.4, 0.5) is 0 Å². The first-order chi connectivity index (χ1) is 8.13. The summed E-state index contributed by atoms with van der Waals surface area (Å²) in [6, 6.07) is 9.83. The van der Waals surface area contributed by atoms with E-state index in [1.807, 2.05) is 44.3 Å². The first kappa shape index (κ1) is 12.1. The van der Waals surface area contributed by atoms with E-state index in [1.165, 1.54) is 5.56 Å². The highest BCUT2D eigenvalue weighted by molar-refractivity contribution is 6.30. The van der Waals surface area contributed by atoms with Crippen molar-refractivity contribution in [2.24, 2.45) is 0 Å². The van der Waals surface area contributed by atoms with Gasteiger partial charge >= 0.3 is 0 Å². The van der Waals surface area contributed by atoms with Gasteiger partial charge in [0, 0.05) is 17.6 Å². The van der Waals surface area contributed by atoms with Crippen molar-refractivity contribution in [1.29, 1.82) is 0 Å². The Kier molecular flexibility index (Phi) is 3.82. The molecule has 2 aromatic rings. The summed E-state index contributed by atoms with van der Waals surface area (Å²) in [6.07, 6.45) is 0. The zero-order valence-corrected chi connectivity index (χ0v) is 10.7. The molecule has 0 atom stereocenters. The molecule has 0 aliphatic rings. The Morgan fingerprint density at radius 1 is 1.24 bits per heavy atom. The predicted octanol–water partition coefficient (Wildman–Crippen LogP) is 3.27. The summed E-state index contributed by atoms with van der Waals surface area (Å²) in [5.74, 6) is 0.888. The molecule has 1 aromatic heterocycles. The highest BCUT2D eigenvalue weighted by Crippen LogP contribution is 2.12. The van der Waals surface area contributed by atoms with Crippen LogP contribution in [0.25, 0.3) is 0 Å². The quantitative estimate of drug-likeness (QED) is 0.834. The largest absolute Gasteiger partial charge is 0.360 e. The monoisotopic (exact) mass is 250 g/mol. The number of nitrogens with zero attached hydrogens (tertiary/aromatic N) is 2. The predicted molar refractivity (Wildman–Crippen MR) is 67.9 cm³/mol. The van der Waals surface area contributed by atoms with Crippen LogP contribution >= 0.6 is 11.6 Å². The smallest absolute Gasteiger partial charge is 0.150 e. The molecule has 0 aliphatic carbocycles. The summed E-state index contributed by atoms with van der Waals surface area (Å²) >= 11 is 5.84. The molecule has 0 saturated heterocycles. The van der Waals surface area contributed by atoms with Gasteiger partial charge in [0.05, 0.1) is 12.2 Å². The molecular weight excluding hydrogens is 236 g/mol. The summed E-state index contributed by atoms with van der Waals surface area (Å²) in [6.45, 7) is 3.53. The van der Waals surface area contributed by atoms with Gasteiger partial charge in [-0.15, -0.1) is 0 Å². The molecule has 90 valence electrons. The Morgan fingerprint density at radius 3 is 2.53 bits per heavy atom. The molecule has 0 spiro atoms. The van der Waals surface area contributed by atoms with E-state index >= 15 is 0 Å². The summed E-state index contributed by atoms with van der Waals surface area (Å²) in [7, 11) is 2.05. The number of hydrogen-bond donors (Lipinski definition) is 0. The van der Waals surface area contributed by atoms with E-state index in [-0.39, 0.29) is 0 Å². The average Bonchev–Trinajstić information content (AvgIpc) is 2.67. The molecule has 0 N–H and O–H groups in total. The number of aryl methyl sites for hydroxylation is 1. The van der Waals surface area contributed by atoms with Crippen LogP contribution in [0, 0.1) is 6.92 Å². The number of hydrogen-bond acceptors (Lipinski definition) is 3. The molecule has 0 bridgehead atoms. The van der Waals surface area contributed by atoms with Crippen molar-refractivity contribution in [2.75, 3.05) is 7.05 Å². The third-order valence-electron chi connectivity index (χ3n) is 2.47. The number of halogens is 1. The van der Waals surface area contributed by atoms with Gasteiger partial charge in [0.15, 0.2) is 5.76 Å². The minimum Gasteiger partial charge on any atom is -0.360 e. The van der Waals surface area contributed by atoms with E-state index in [4.69, 9.17) is 16.1 Å². The molecule has 1 aromatic carbocycles. The summed E-state index contributed by atoms with van der Waals surface area (Å²) in [5, 5.41) is 4.64. The van der Waals surface area contributed by atoms with Crippen molar-refractivity contribution < 1.29 is 4.52 Å². The van der Waals surface area contributed by atoms with Gasteiger partial charge < -0.3 is 4.52 Å². The van der Waals surface area contributed by atoms with Crippen LogP contribution in [-0.2, 0) is 13.1 Å². The standard InChI is InChI=1S/C13H15ClN2O/c1-10-7-13(17-15-10)9-16(2)8-11-3-5-12(14)6-4-11/h3-7H,8-9H2,1-2H3. The van der Waals surface area contributed by atoms with Gasteiger partial charge in [0.1, 0.15) is 0 Å². The molecule has 0 aliphatic heterocycles. The van der Waals surface area contributed by atoms with E-state index in [1.54, 1.807) is 0 Å². The lowest BCUT2D eigenvalue weighted by molar-refractivity contribution is 0.266. The normalized spacial score (nSPS) is 11.1. The van der Waals surface area contributed by atoms with E-state index in [0.717, 1.165) is 29.6 Å². The first-order valence-electron chi connectivity index (χ1n) is 5.48. The summed E-state index contributed by atoms with van der Waals surface area (Å²) < 4.78 is 5.18. The van der Waals surface area contributed by atoms with Crippen molar-refractivity contribution in [3.63, 3.8) is 0 Å². The van der Waals surface area contributed by atoms with Crippen LogP contribution in [0.5, 0.6) is 0 Å². The first-order valence-corrected chi connectivity index (χ1v) is 5.86. The molecule has 0 fully saturated rings. The van der Waals surface area contributed by atoms with Gasteiger partial charge in [-0.2, -0.15) is 0 Å². The van der Waals surface area contributed by atoms with Crippen LogP contribution in [0.3, 0.4) is 0 Å². The maximum atomic E-state index is 5.84. The fourth-order valence-electron chi connectivity index (χ4n) is 1.71. The second-order valence-electron chi connectivity index (χ2n) is 4.23. The molecule has 0 radical (unpaired) electrons. The third kappa shape index (κ3) is 3.58. The van der Waals surface area contributed by atoms with E-state index < -0.39 is 0 Å². The zero-order chi connectivity index (χ0) is 12.3. The van der Waals surface area contributed by atoms with Crippen LogP contribution in [0.2, 0.25) is 5.02 Å². The average molecular weight is 251 g/mol. The lowest BCUT2D eigenvalue weighted by Crippen LogP contribution is -2.16. The van der Waals surface area contributed by atoms with E-state index in [0.29, 0.717) is 0 Å². The van der Waals surface area contributed by atoms with E-state index in [2.05, 4.69) is 10.1 Å². The molecule has 3 nitrogen and oxygen atoms in total. The van der Waals surface area contributed by atoms with Crippen molar-refractivity contribution in [1.82, 2.24) is 10.1 Å². The van der Waals surface area contributed by atoms with Crippen molar-refractivity contribution >= 4 is 11.6 Å². The van der Waals surface area contributed by atoms with Gasteiger partial charge in [-0.1, -0.05) is 28.9 Å². The second-order valence-corrected chi connectivity index (χ2v) is 4.67. The van der Waals surface area contributed by atoms with Crippen molar-refractivity contribution in [3.8, 4) is 0 Å². The lowest BCUT2D eigenvalue weighted by atomic mass is 10.2. The van der Waals surface area contributed by atoms with Crippen LogP contribution in [0.15, 0.2) is 34.9 Å². The number of benzene rings is 1. The molecule has 0 saturated carbocycles. The minimum atomic E-state index is 0.753. The Balaban J connectivity index is 1.93. The minimum absolute atomic E-state index is 0.753. The van der Waals surface area contributed by atoms with Crippen LogP contribution in [0.1, 0.15) is 17.0 Å². The third-order valence-corrected chi connectivity index (χ3v) is 2.72. The fraction of sp³-hybridized carbons (Fsp3) is 0.308. The highest BCUT2D eigenvalue weighted by atomic mass is 35.5. The summed E-state index contributed by atoms with van der Waals surface area (Å²) in [4.78, 5) is 2.17. The SMILES string of the molecule is Cc1cc(CN(C)Cc2ccc(Cl)cc2)on1. The Morgan fingerprint density at radius 2 is 1.94 bits per heavy atom. The van der Waals surface area contributed by atoms with Crippen molar-refractivity contribution in [2.45, 2.75) is 20.0 Å². The highest BCUT2D eigenvalue weighted by Gasteiger charge is 2.05. The second kappa shape index (κ2) is 5.34. The number of rotatable bonds is 4. The van der Waals surface area contributed by atoms with Gasteiger partial charge in [-0.05, 0) is 31.7 Å². The van der Waals surface area contributed by atoms with Gasteiger partial charge in [-0.3, -0.25) is 4.90 Å². The molecule has 1 heterocycles. The Labute approximate surface area is 106 Å². The summed E-state index contributed by atoms with van der Waals surface area (Å²) in [5.41, 5.74) is 2.15. The van der Waals surface area contributed by atoms with Crippen LogP contribution in [-0.4, -0.2) is 17.1 Å². The van der Waals surface area contributed by atoms with Gasteiger partial charge in [0.25, 0.3) is 0 Å². The van der Waals surface area contributed by atoms with Crippen LogP contribution < -0.4 is 0 Å². The van der Waals surface area contributed by atoms with Gasteiger partial charge in [0.2, 0.25) is 0 Å². The van der Waals surface area contributed by atoms with E-state index in [9.17, 15) is 0 Å².